The van der Waals surface area contributed by atoms with E-state index in [-0.39, 0.29) is 5.12 Å². The van der Waals surface area contributed by atoms with Crippen LogP contribution in [-0.2, 0) is 9.53 Å². The van der Waals surface area contributed by atoms with E-state index >= 15 is 0 Å². The third-order valence-corrected chi connectivity index (χ3v) is 2.49. The van der Waals surface area contributed by atoms with Gasteiger partial charge >= 0.3 is 0 Å². The second-order valence-electron chi connectivity index (χ2n) is 2.45. The van der Waals surface area contributed by atoms with Crippen LogP contribution in [0.25, 0.3) is 0 Å². The van der Waals surface area contributed by atoms with Crippen molar-refractivity contribution in [2.45, 2.75) is 25.0 Å². The Bertz CT molecular complexity index is 119. The summed E-state index contributed by atoms with van der Waals surface area (Å²) in [4.78, 5) is 10.6. The van der Waals surface area contributed by atoms with E-state index in [0.29, 0.717) is 5.25 Å². The van der Waals surface area contributed by atoms with Gasteiger partial charge in [-0.3, -0.25) is 4.79 Å². The smallest absolute Gasteiger partial charge is 0.186 e. The fourth-order valence-corrected chi connectivity index (χ4v) is 1.96. The molecule has 1 saturated heterocycles. The highest BCUT2D eigenvalue weighted by Gasteiger charge is 2.15. The lowest BCUT2D eigenvalue weighted by Crippen LogP contribution is -2.20. The summed E-state index contributed by atoms with van der Waals surface area (Å²) in [6.07, 6.45) is 2.23. The zero-order valence-corrected chi connectivity index (χ0v) is 6.95. The summed E-state index contributed by atoms with van der Waals surface area (Å²) in [6, 6.07) is 0. The van der Waals surface area contributed by atoms with Gasteiger partial charge in [-0.25, -0.2) is 0 Å². The first-order chi connectivity index (χ1) is 4.79. The Hall–Kier alpha value is -0.0200. The maximum absolute atomic E-state index is 10.6. The molecule has 10 heavy (non-hydrogen) atoms. The standard InChI is InChI=1S/C7H12O2S/c1-6(8)10-7-3-2-4-9-5-7/h7H,2-5H2,1H3. The van der Waals surface area contributed by atoms with E-state index < -0.39 is 0 Å². The van der Waals surface area contributed by atoms with Crippen LogP contribution in [0.1, 0.15) is 19.8 Å². The maximum Gasteiger partial charge on any atom is 0.186 e. The van der Waals surface area contributed by atoms with Crippen LogP contribution in [0.3, 0.4) is 0 Å². The number of carbonyl (C=O) groups excluding carboxylic acids is 1. The van der Waals surface area contributed by atoms with Crippen molar-refractivity contribution in [3.63, 3.8) is 0 Å². The normalized spacial score (nSPS) is 26.3. The first kappa shape index (κ1) is 8.08. The molecule has 1 heterocycles. The van der Waals surface area contributed by atoms with E-state index in [1.807, 2.05) is 0 Å². The zero-order chi connectivity index (χ0) is 7.40. The number of thioether (sulfide) groups is 1. The van der Waals surface area contributed by atoms with E-state index in [1.54, 1.807) is 6.92 Å². The van der Waals surface area contributed by atoms with Crippen molar-refractivity contribution in [3.05, 3.63) is 0 Å². The molecule has 0 N–H and O–H groups in total. The predicted molar refractivity (Wildman–Crippen MR) is 42.1 cm³/mol. The maximum atomic E-state index is 10.6. The molecule has 0 aromatic heterocycles. The SMILES string of the molecule is CC(=O)SC1CCCOC1. The fourth-order valence-electron chi connectivity index (χ4n) is 1.04. The molecule has 1 fully saturated rings. The Labute approximate surface area is 65.3 Å². The average molecular weight is 160 g/mol. The quantitative estimate of drug-likeness (QED) is 0.580. The molecule has 3 heteroatoms. The van der Waals surface area contributed by atoms with Gasteiger partial charge in [-0.1, -0.05) is 11.8 Å². The van der Waals surface area contributed by atoms with E-state index in [0.717, 1.165) is 26.1 Å². The molecule has 0 aromatic rings. The Balaban J connectivity index is 2.19. The van der Waals surface area contributed by atoms with Crippen LogP contribution in [0, 0.1) is 0 Å². The van der Waals surface area contributed by atoms with Crippen LogP contribution in [0.15, 0.2) is 0 Å². The predicted octanol–water partition coefficient (Wildman–Crippen LogP) is 1.45. The largest absolute Gasteiger partial charge is 0.380 e. The molecule has 1 unspecified atom stereocenters. The molecule has 0 spiro atoms. The minimum atomic E-state index is 0.204. The first-order valence-corrected chi connectivity index (χ1v) is 4.42. The van der Waals surface area contributed by atoms with Crippen LogP contribution in [0.5, 0.6) is 0 Å². The summed E-state index contributed by atoms with van der Waals surface area (Å²) in [5.74, 6) is 0. The van der Waals surface area contributed by atoms with Crippen molar-refractivity contribution in [2.24, 2.45) is 0 Å². The van der Waals surface area contributed by atoms with Gasteiger partial charge in [0.1, 0.15) is 0 Å². The summed E-state index contributed by atoms with van der Waals surface area (Å²) in [7, 11) is 0. The van der Waals surface area contributed by atoms with Gasteiger partial charge < -0.3 is 4.74 Å². The number of hydrogen-bond acceptors (Lipinski definition) is 3. The number of ether oxygens (including phenoxy) is 1. The van der Waals surface area contributed by atoms with Gasteiger partial charge in [-0.15, -0.1) is 0 Å². The molecular weight excluding hydrogens is 148 g/mol. The number of hydrogen-bond donors (Lipinski definition) is 0. The van der Waals surface area contributed by atoms with Crippen LogP contribution < -0.4 is 0 Å². The van der Waals surface area contributed by atoms with Crippen molar-refractivity contribution in [2.75, 3.05) is 13.2 Å². The third-order valence-electron chi connectivity index (χ3n) is 1.45. The Morgan fingerprint density at radius 1 is 1.70 bits per heavy atom. The summed E-state index contributed by atoms with van der Waals surface area (Å²) in [6.45, 7) is 3.23. The van der Waals surface area contributed by atoms with Gasteiger partial charge in [-0.05, 0) is 12.8 Å². The van der Waals surface area contributed by atoms with Gasteiger partial charge in [0.15, 0.2) is 5.12 Å². The highest BCUT2D eigenvalue weighted by atomic mass is 32.2. The fraction of sp³-hybridized carbons (Fsp3) is 0.857. The van der Waals surface area contributed by atoms with Crippen molar-refractivity contribution in [3.8, 4) is 0 Å². The van der Waals surface area contributed by atoms with Crippen LogP contribution in [-0.4, -0.2) is 23.6 Å². The van der Waals surface area contributed by atoms with Gasteiger partial charge in [-0.2, -0.15) is 0 Å². The van der Waals surface area contributed by atoms with Crippen molar-refractivity contribution in [1.82, 2.24) is 0 Å². The van der Waals surface area contributed by atoms with E-state index in [4.69, 9.17) is 4.74 Å². The highest BCUT2D eigenvalue weighted by Crippen LogP contribution is 2.20. The molecule has 0 radical (unpaired) electrons. The number of carbonyl (C=O) groups is 1. The average Bonchev–Trinajstić information content (AvgIpc) is 1.88. The Morgan fingerprint density at radius 2 is 2.50 bits per heavy atom. The molecule has 1 aliphatic rings. The lowest BCUT2D eigenvalue weighted by Gasteiger charge is -2.19. The molecule has 0 aliphatic carbocycles. The lowest BCUT2D eigenvalue weighted by atomic mass is 10.2. The van der Waals surface area contributed by atoms with E-state index in [1.165, 1.54) is 11.8 Å². The van der Waals surface area contributed by atoms with Crippen molar-refractivity contribution < 1.29 is 9.53 Å². The minimum absolute atomic E-state index is 0.204. The van der Waals surface area contributed by atoms with E-state index in [9.17, 15) is 4.79 Å². The van der Waals surface area contributed by atoms with Gasteiger partial charge in [0.2, 0.25) is 0 Å². The second kappa shape index (κ2) is 3.98. The first-order valence-electron chi connectivity index (χ1n) is 3.54. The van der Waals surface area contributed by atoms with Crippen LogP contribution in [0.4, 0.5) is 0 Å². The second-order valence-corrected chi connectivity index (χ2v) is 3.93. The molecular formula is C7H12O2S. The molecule has 0 bridgehead atoms. The van der Waals surface area contributed by atoms with Crippen molar-refractivity contribution in [1.29, 1.82) is 0 Å². The summed E-state index contributed by atoms with van der Waals surface area (Å²) < 4.78 is 5.21. The Kier molecular flexibility index (Phi) is 3.22. The highest BCUT2D eigenvalue weighted by molar-refractivity contribution is 8.14. The summed E-state index contributed by atoms with van der Waals surface area (Å²) in [5.41, 5.74) is 0. The molecule has 1 aliphatic heterocycles. The van der Waals surface area contributed by atoms with Crippen LogP contribution >= 0.6 is 11.8 Å². The van der Waals surface area contributed by atoms with Gasteiger partial charge in [0.25, 0.3) is 0 Å². The monoisotopic (exact) mass is 160 g/mol. The van der Waals surface area contributed by atoms with Gasteiger partial charge in [0.05, 0.1) is 6.61 Å². The topological polar surface area (TPSA) is 26.3 Å². The lowest BCUT2D eigenvalue weighted by molar-refractivity contribution is -0.109. The molecule has 2 nitrogen and oxygen atoms in total. The molecule has 1 rings (SSSR count). The zero-order valence-electron chi connectivity index (χ0n) is 6.13. The molecule has 0 aromatic carbocycles. The molecule has 1 atom stereocenters. The van der Waals surface area contributed by atoms with E-state index in [2.05, 4.69) is 0 Å². The Morgan fingerprint density at radius 3 is 3.00 bits per heavy atom. The molecule has 0 amide bonds. The third kappa shape index (κ3) is 2.71. The summed E-state index contributed by atoms with van der Waals surface area (Å²) >= 11 is 1.41. The van der Waals surface area contributed by atoms with Crippen molar-refractivity contribution >= 4 is 16.9 Å². The molecule has 58 valence electrons. The minimum Gasteiger partial charge on any atom is -0.380 e. The summed E-state index contributed by atoms with van der Waals surface area (Å²) in [5, 5.41) is 0.627. The van der Waals surface area contributed by atoms with Gasteiger partial charge in [0, 0.05) is 18.8 Å². The van der Waals surface area contributed by atoms with Crippen LogP contribution in [0.2, 0.25) is 0 Å². The number of rotatable bonds is 1. The molecule has 0 saturated carbocycles.